The van der Waals surface area contributed by atoms with Crippen LogP contribution in [0.1, 0.15) is 20.3 Å². The van der Waals surface area contributed by atoms with E-state index in [0.29, 0.717) is 6.32 Å². The van der Waals surface area contributed by atoms with Crippen LogP contribution in [-0.4, -0.2) is 25.0 Å². The van der Waals surface area contributed by atoms with E-state index in [9.17, 15) is 9.59 Å². The largest absolute Gasteiger partial charge is 0.299 e. The SMILES string of the molecule is [B]CCC(=O)C(C)(C)C(=O)SC. The van der Waals surface area contributed by atoms with Gasteiger partial charge in [0.05, 0.1) is 13.3 Å². The van der Waals surface area contributed by atoms with Crippen LogP contribution in [0.15, 0.2) is 0 Å². The lowest BCUT2D eigenvalue weighted by Crippen LogP contribution is -2.31. The third kappa shape index (κ3) is 2.66. The highest BCUT2D eigenvalue weighted by molar-refractivity contribution is 8.13. The second-order valence-electron chi connectivity index (χ2n) is 3.08. The van der Waals surface area contributed by atoms with Crippen molar-refractivity contribution in [2.24, 2.45) is 5.41 Å². The first-order chi connectivity index (χ1) is 5.46. The summed E-state index contributed by atoms with van der Waals surface area (Å²) < 4.78 is 0. The van der Waals surface area contributed by atoms with Crippen LogP contribution in [0.5, 0.6) is 0 Å². The lowest BCUT2D eigenvalue weighted by atomic mass is 9.84. The molecule has 0 aromatic heterocycles. The van der Waals surface area contributed by atoms with Crippen molar-refractivity contribution < 1.29 is 9.59 Å². The van der Waals surface area contributed by atoms with Crippen LogP contribution in [0.2, 0.25) is 6.32 Å². The number of carbonyl (C=O) groups is 2. The summed E-state index contributed by atoms with van der Waals surface area (Å²) in [5, 5.41) is -0.0963. The van der Waals surface area contributed by atoms with Crippen molar-refractivity contribution in [2.75, 3.05) is 6.26 Å². The van der Waals surface area contributed by atoms with Crippen molar-refractivity contribution in [3.63, 3.8) is 0 Å². The molecule has 2 radical (unpaired) electrons. The van der Waals surface area contributed by atoms with Crippen LogP contribution in [0.4, 0.5) is 0 Å². The zero-order valence-corrected chi connectivity index (χ0v) is 8.53. The van der Waals surface area contributed by atoms with Crippen LogP contribution in [0.25, 0.3) is 0 Å². The normalized spacial score (nSPS) is 11.2. The van der Waals surface area contributed by atoms with E-state index in [1.54, 1.807) is 20.1 Å². The molecule has 0 unspecified atom stereocenters. The van der Waals surface area contributed by atoms with Gasteiger partial charge in [-0.05, 0) is 26.5 Å². The van der Waals surface area contributed by atoms with Crippen molar-refractivity contribution >= 4 is 30.5 Å². The molecule has 66 valence electrons. The minimum Gasteiger partial charge on any atom is -0.299 e. The first kappa shape index (κ1) is 11.8. The number of ketones is 1. The molecule has 0 N–H and O–H groups in total. The molecule has 0 aliphatic carbocycles. The Bertz CT molecular complexity index is 189. The molecule has 4 heteroatoms. The van der Waals surface area contributed by atoms with E-state index in [1.165, 1.54) is 0 Å². The van der Waals surface area contributed by atoms with E-state index in [4.69, 9.17) is 7.85 Å². The Morgan fingerprint density at radius 3 is 2.25 bits per heavy atom. The fourth-order valence-corrected chi connectivity index (χ4v) is 1.44. The molecular weight excluding hydrogens is 171 g/mol. The minimum atomic E-state index is -0.876. The first-order valence-corrected chi connectivity index (χ1v) is 5.01. The first-order valence-electron chi connectivity index (χ1n) is 3.78. The highest BCUT2D eigenvalue weighted by Gasteiger charge is 2.33. The molecule has 0 fully saturated rings. The average molecular weight is 184 g/mol. The molecule has 0 spiro atoms. The Kier molecular flexibility index (Phi) is 4.60. The summed E-state index contributed by atoms with van der Waals surface area (Å²) in [4.78, 5) is 22.6. The van der Waals surface area contributed by atoms with Gasteiger partial charge in [-0.3, -0.25) is 9.59 Å². The molecule has 0 heterocycles. The Balaban J connectivity index is 4.38. The number of hydrogen-bond acceptors (Lipinski definition) is 3. The van der Waals surface area contributed by atoms with Gasteiger partial charge in [0.1, 0.15) is 5.78 Å². The van der Waals surface area contributed by atoms with E-state index < -0.39 is 5.41 Å². The van der Waals surface area contributed by atoms with Crippen molar-refractivity contribution in [2.45, 2.75) is 26.6 Å². The molecular formula is C8H13BO2S. The topological polar surface area (TPSA) is 34.1 Å². The molecule has 0 aliphatic rings. The molecule has 0 aromatic carbocycles. The maximum absolute atomic E-state index is 11.4. The summed E-state index contributed by atoms with van der Waals surface area (Å²) in [5.74, 6) is -0.0793. The molecule has 0 aliphatic heterocycles. The van der Waals surface area contributed by atoms with E-state index in [1.807, 2.05) is 0 Å². The second-order valence-corrected chi connectivity index (χ2v) is 3.86. The molecule has 0 aromatic rings. The average Bonchev–Trinajstić information content (AvgIpc) is 2.03. The third-order valence-electron chi connectivity index (χ3n) is 1.76. The Hall–Kier alpha value is -0.245. The van der Waals surface area contributed by atoms with Crippen LogP contribution in [0, 0.1) is 5.41 Å². The van der Waals surface area contributed by atoms with Gasteiger partial charge in [-0.2, -0.15) is 0 Å². The predicted octanol–water partition coefficient (Wildman–Crippen LogP) is 1.45. The van der Waals surface area contributed by atoms with Gasteiger partial charge in [0.25, 0.3) is 0 Å². The fraction of sp³-hybridized carbons (Fsp3) is 0.750. The quantitative estimate of drug-likeness (QED) is 0.489. The standard InChI is InChI=1S/C8H13BO2S/c1-8(2,7(11)12-3)6(10)4-5-9/h4-5H2,1-3H3. The van der Waals surface area contributed by atoms with Gasteiger partial charge in [0, 0.05) is 0 Å². The minimum absolute atomic E-state index is 0.0793. The number of thioether (sulfide) groups is 1. The number of hydrogen-bond donors (Lipinski definition) is 0. The Morgan fingerprint density at radius 2 is 1.92 bits per heavy atom. The Morgan fingerprint density at radius 1 is 1.42 bits per heavy atom. The summed E-state index contributed by atoms with van der Waals surface area (Å²) in [7, 11) is 5.23. The van der Waals surface area contributed by atoms with Gasteiger partial charge in [-0.15, -0.1) is 0 Å². The van der Waals surface area contributed by atoms with E-state index in [2.05, 4.69) is 0 Å². The maximum Gasteiger partial charge on any atom is 0.201 e. The molecule has 12 heavy (non-hydrogen) atoms. The number of Topliss-reactive ketones (excluding diaryl/α,β-unsaturated/α-hetero) is 1. The van der Waals surface area contributed by atoms with Crippen LogP contribution >= 0.6 is 11.8 Å². The molecule has 0 atom stereocenters. The summed E-state index contributed by atoms with van der Waals surface area (Å²) in [6, 6.07) is 0. The molecule has 0 bridgehead atoms. The zero-order valence-electron chi connectivity index (χ0n) is 7.72. The highest BCUT2D eigenvalue weighted by Crippen LogP contribution is 2.25. The Labute approximate surface area is 78.9 Å². The van der Waals surface area contributed by atoms with Crippen LogP contribution < -0.4 is 0 Å². The maximum atomic E-state index is 11.4. The molecule has 2 nitrogen and oxygen atoms in total. The van der Waals surface area contributed by atoms with E-state index in [0.717, 1.165) is 11.8 Å². The van der Waals surface area contributed by atoms with Crippen molar-refractivity contribution in [1.82, 2.24) is 0 Å². The molecule has 0 rings (SSSR count). The van der Waals surface area contributed by atoms with Gasteiger partial charge in [0.15, 0.2) is 0 Å². The molecule has 0 saturated heterocycles. The molecule has 0 saturated carbocycles. The summed E-state index contributed by atoms with van der Waals surface area (Å²) in [6.07, 6.45) is 2.27. The highest BCUT2D eigenvalue weighted by atomic mass is 32.2. The molecule has 0 amide bonds. The fourth-order valence-electron chi connectivity index (χ4n) is 0.813. The predicted molar refractivity (Wildman–Crippen MR) is 52.5 cm³/mol. The lowest BCUT2D eigenvalue weighted by molar-refractivity contribution is -0.133. The van der Waals surface area contributed by atoms with Crippen molar-refractivity contribution in [1.29, 1.82) is 0 Å². The zero-order chi connectivity index (χ0) is 9.78. The van der Waals surface area contributed by atoms with Gasteiger partial charge in [-0.1, -0.05) is 18.1 Å². The lowest BCUT2D eigenvalue weighted by Gasteiger charge is -2.19. The summed E-state index contributed by atoms with van der Waals surface area (Å²) >= 11 is 1.09. The third-order valence-corrected chi connectivity index (χ3v) is 2.65. The van der Waals surface area contributed by atoms with Gasteiger partial charge in [-0.25, -0.2) is 0 Å². The number of carbonyl (C=O) groups excluding carboxylic acids is 2. The van der Waals surface area contributed by atoms with Crippen molar-refractivity contribution in [3.05, 3.63) is 0 Å². The smallest absolute Gasteiger partial charge is 0.201 e. The number of rotatable bonds is 4. The van der Waals surface area contributed by atoms with Crippen LogP contribution in [-0.2, 0) is 9.59 Å². The van der Waals surface area contributed by atoms with Crippen molar-refractivity contribution in [3.8, 4) is 0 Å². The van der Waals surface area contributed by atoms with E-state index >= 15 is 0 Å². The van der Waals surface area contributed by atoms with Gasteiger partial charge in [0.2, 0.25) is 5.12 Å². The second kappa shape index (κ2) is 4.70. The van der Waals surface area contributed by atoms with Gasteiger partial charge >= 0.3 is 0 Å². The monoisotopic (exact) mass is 184 g/mol. The summed E-state index contributed by atoms with van der Waals surface area (Å²) in [6.45, 7) is 3.29. The van der Waals surface area contributed by atoms with Gasteiger partial charge < -0.3 is 0 Å². The summed E-state index contributed by atoms with van der Waals surface area (Å²) in [5.41, 5.74) is -0.876. The van der Waals surface area contributed by atoms with Crippen LogP contribution in [0.3, 0.4) is 0 Å². The van der Waals surface area contributed by atoms with E-state index in [-0.39, 0.29) is 17.3 Å².